The molecule has 6 nitrogen and oxygen atoms in total. The van der Waals surface area contributed by atoms with Crippen LogP contribution in [0.25, 0.3) is 33.9 Å². The SMILES string of the molecule is CNCc1cn(-c2ccccc2)nc1-c1ccc(-c2nn(-c3ccccc3)cc2CNC)cc1. The Balaban J connectivity index is 1.50. The normalized spacial score (nSPS) is 11.1. The van der Waals surface area contributed by atoms with E-state index in [-0.39, 0.29) is 0 Å². The molecule has 0 unspecified atom stereocenters. The van der Waals surface area contributed by atoms with Crippen LogP contribution in [0.1, 0.15) is 11.1 Å². The van der Waals surface area contributed by atoms with Crippen molar-refractivity contribution >= 4 is 0 Å². The van der Waals surface area contributed by atoms with E-state index in [0.717, 1.165) is 58.1 Å². The molecule has 0 amide bonds. The van der Waals surface area contributed by atoms with E-state index in [4.69, 9.17) is 10.2 Å². The van der Waals surface area contributed by atoms with Gasteiger partial charge in [0.05, 0.1) is 22.8 Å². The van der Waals surface area contributed by atoms with Gasteiger partial charge in [-0.25, -0.2) is 9.36 Å². The maximum absolute atomic E-state index is 4.91. The number of hydrogen-bond acceptors (Lipinski definition) is 4. The average Bonchev–Trinajstić information content (AvgIpc) is 3.51. The highest BCUT2D eigenvalue weighted by Gasteiger charge is 2.15. The molecule has 0 aliphatic carbocycles. The highest BCUT2D eigenvalue weighted by molar-refractivity contribution is 5.70. The molecule has 0 atom stereocenters. The van der Waals surface area contributed by atoms with Gasteiger partial charge in [-0.05, 0) is 38.4 Å². The molecule has 5 rings (SSSR count). The van der Waals surface area contributed by atoms with Gasteiger partial charge in [0.2, 0.25) is 0 Å². The van der Waals surface area contributed by atoms with Crippen LogP contribution >= 0.6 is 0 Å². The Morgan fingerprint density at radius 2 is 0.941 bits per heavy atom. The molecule has 34 heavy (non-hydrogen) atoms. The van der Waals surface area contributed by atoms with Crippen LogP contribution in [0, 0.1) is 0 Å². The molecule has 2 N–H and O–H groups in total. The molecule has 5 aromatic rings. The summed E-state index contributed by atoms with van der Waals surface area (Å²) < 4.78 is 3.89. The first-order chi connectivity index (χ1) is 16.8. The third-order valence-corrected chi connectivity index (χ3v) is 5.79. The van der Waals surface area contributed by atoms with Crippen LogP contribution in [-0.4, -0.2) is 33.7 Å². The third-order valence-electron chi connectivity index (χ3n) is 5.79. The smallest absolute Gasteiger partial charge is 0.0972 e. The first-order valence-corrected chi connectivity index (χ1v) is 11.4. The molecule has 0 aliphatic rings. The lowest BCUT2D eigenvalue weighted by molar-refractivity contribution is 0.817. The molecule has 2 aromatic heterocycles. The Labute approximate surface area is 199 Å². The average molecular weight is 449 g/mol. The molecular formula is C28H28N6. The maximum atomic E-state index is 4.91. The topological polar surface area (TPSA) is 59.7 Å². The van der Waals surface area contributed by atoms with Crippen molar-refractivity contribution in [1.29, 1.82) is 0 Å². The molecule has 3 aromatic carbocycles. The molecule has 0 radical (unpaired) electrons. The van der Waals surface area contributed by atoms with Crippen LogP contribution in [-0.2, 0) is 13.1 Å². The number of benzene rings is 3. The van der Waals surface area contributed by atoms with E-state index < -0.39 is 0 Å². The van der Waals surface area contributed by atoms with Gasteiger partial charge in [-0.15, -0.1) is 0 Å². The number of nitrogens with one attached hydrogen (secondary N) is 2. The van der Waals surface area contributed by atoms with E-state index in [0.29, 0.717) is 0 Å². The first kappa shape index (κ1) is 21.8. The monoisotopic (exact) mass is 448 g/mol. The molecule has 6 heteroatoms. The van der Waals surface area contributed by atoms with Gasteiger partial charge in [0.25, 0.3) is 0 Å². The van der Waals surface area contributed by atoms with Crippen molar-refractivity contribution in [3.05, 3.63) is 108 Å². The number of para-hydroxylation sites is 2. The van der Waals surface area contributed by atoms with Crippen molar-refractivity contribution in [2.24, 2.45) is 0 Å². The second kappa shape index (κ2) is 9.87. The van der Waals surface area contributed by atoms with Gasteiger partial charge in [0.15, 0.2) is 0 Å². The Hall–Kier alpha value is -4.00. The molecule has 170 valence electrons. The maximum Gasteiger partial charge on any atom is 0.0972 e. The molecule has 0 saturated heterocycles. The summed E-state index contributed by atoms with van der Waals surface area (Å²) in [6.07, 6.45) is 4.20. The number of rotatable bonds is 8. The summed E-state index contributed by atoms with van der Waals surface area (Å²) in [6.45, 7) is 1.50. The lowest BCUT2D eigenvalue weighted by Crippen LogP contribution is -2.05. The minimum Gasteiger partial charge on any atom is -0.316 e. The van der Waals surface area contributed by atoms with E-state index in [9.17, 15) is 0 Å². The van der Waals surface area contributed by atoms with E-state index in [1.54, 1.807) is 0 Å². The minimum atomic E-state index is 0.748. The first-order valence-electron chi connectivity index (χ1n) is 11.4. The van der Waals surface area contributed by atoms with Crippen LogP contribution in [0.4, 0.5) is 0 Å². The highest BCUT2D eigenvalue weighted by Crippen LogP contribution is 2.29. The molecule has 0 fully saturated rings. The van der Waals surface area contributed by atoms with Crippen molar-refractivity contribution in [2.75, 3.05) is 14.1 Å². The van der Waals surface area contributed by atoms with Crippen molar-refractivity contribution in [2.45, 2.75) is 13.1 Å². The Bertz CT molecular complexity index is 1240. The molecule has 0 aliphatic heterocycles. The number of nitrogens with zero attached hydrogens (tertiary/aromatic N) is 4. The highest BCUT2D eigenvalue weighted by atomic mass is 15.3. The zero-order chi connectivity index (χ0) is 23.3. The van der Waals surface area contributed by atoms with Crippen LogP contribution in [0.15, 0.2) is 97.3 Å². The van der Waals surface area contributed by atoms with Crippen molar-refractivity contribution in [1.82, 2.24) is 30.2 Å². The van der Waals surface area contributed by atoms with Crippen LogP contribution in [0.5, 0.6) is 0 Å². The predicted molar refractivity (Wildman–Crippen MR) is 137 cm³/mol. The quantitative estimate of drug-likeness (QED) is 0.357. The summed E-state index contributed by atoms with van der Waals surface area (Å²) in [5, 5.41) is 16.3. The number of aromatic nitrogens is 4. The molecular weight excluding hydrogens is 420 g/mol. The van der Waals surface area contributed by atoms with E-state index >= 15 is 0 Å². The molecule has 2 heterocycles. The Kier molecular flexibility index (Phi) is 6.33. The second-order valence-electron chi connectivity index (χ2n) is 8.20. The fourth-order valence-corrected chi connectivity index (χ4v) is 4.16. The summed E-state index contributed by atoms with van der Waals surface area (Å²) in [4.78, 5) is 0. The zero-order valence-electron chi connectivity index (χ0n) is 19.4. The zero-order valence-corrected chi connectivity index (χ0v) is 19.4. The second-order valence-corrected chi connectivity index (χ2v) is 8.20. The van der Waals surface area contributed by atoms with E-state index in [1.807, 2.05) is 59.9 Å². The number of hydrogen-bond donors (Lipinski definition) is 2. The lowest BCUT2D eigenvalue weighted by atomic mass is 10.0. The minimum absolute atomic E-state index is 0.748. The van der Waals surface area contributed by atoms with Crippen molar-refractivity contribution in [3.8, 4) is 33.9 Å². The summed E-state index contributed by atoms with van der Waals surface area (Å²) >= 11 is 0. The van der Waals surface area contributed by atoms with E-state index in [2.05, 4.69) is 71.6 Å². The molecule has 0 saturated carbocycles. The van der Waals surface area contributed by atoms with Gasteiger partial charge in [-0.3, -0.25) is 0 Å². The standard InChI is InChI=1S/C28H28N6/c1-29-17-23-19-33(25-9-5-3-6-10-25)31-27(23)21-13-15-22(16-14-21)28-24(18-30-2)20-34(32-28)26-11-7-4-8-12-26/h3-16,19-20,29-30H,17-18H2,1-2H3. The Morgan fingerprint density at radius 1 is 0.559 bits per heavy atom. The largest absolute Gasteiger partial charge is 0.316 e. The summed E-state index contributed by atoms with van der Waals surface area (Å²) in [6, 6.07) is 28.9. The van der Waals surface area contributed by atoms with Gasteiger partial charge in [-0.1, -0.05) is 60.7 Å². The Morgan fingerprint density at radius 3 is 1.29 bits per heavy atom. The molecule has 0 spiro atoms. The van der Waals surface area contributed by atoms with Crippen molar-refractivity contribution in [3.63, 3.8) is 0 Å². The van der Waals surface area contributed by atoms with Gasteiger partial charge in [0.1, 0.15) is 0 Å². The third kappa shape index (κ3) is 4.41. The van der Waals surface area contributed by atoms with Gasteiger partial charge in [-0.2, -0.15) is 10.2 Å². The molecule has 0 bridgehead atoms. The fraction of sp³-hybridized carbons (Fsp3) is 0.143. The lowest BCUT2D eigenvalue weighted by Gasteiger charge is -2.05. The summed E-state index contributed by atoms with van der Waals surface area (Å²) in [5.41, 5.74) is 8.54. The summed E-state index contributed by atoms with van der Waals surface area (Å²) in [7, 11) is 3.91. The van der Waals surface area contributed by atoms with Gasteiger partial charge < -0.3 is 10.6 Å². The van der Waals surface area contributed by atoms with Gasteiger partial charge in [0, 0.05) is 47.7 Å². The van der Waals surface area contributed by atoms with Crippen LogP contribution < -0.4 is 10.6 Å². The predicted octanol–water partition coefficient (Wildman–Crippen LogP) is 4.83. The van der Waals surface area contributed by atoms with Crippen molar-refractivity contribution < 1.29 is 0 Å². The van der Waals surface area contributed by atoms with Crippen LogP contribution in [0.2, 0.25) is 0 Å². The van der Waals surface area contributed by atoms with E-state index in [1.165, 1.54) is 0 Å². The summed E-state index contributed by atoms with van der Waals surface area (Å²) in [5.74, 6) is 0. The van der Waals surface area contributed by atoms with Crippen LogP contribution in [0.3, 0.4) is 0 Å². The van der Waals surface area contributed by atoms with Gasteiger partial charge >= 0.3 is 0 Å². The fourth-order valence-electron chi connectivity index (χ4n) is 4.16.